The number of carbonyl (C=O) groups is 2. The second kappa shape index (κ2) is 9.49. The van der Waals surface area contributed by atoms with Crippen LogP contribution in [-0.2, 0) is 4.74 Å². The van der Waals surface area contributed by atoms with Gasteiger partial charge in [-0.05, 0) is 12.1 Å². The van der Waals surface area contributed by atoms with Gasteiger partial charge >= 0.3 is 11.9 Å². The van der Waals surface area contributed by atoms with E-state index in [9.17, 15) is 9.59 Å². The van der Waals surface area contributed by atoms with E-state index in [1.54, 1.807) is 24.3 Å². The highest BCUT2D eigenvalue weighted by atomic mass is 35.5. The molecule has 168 valence electrons. The topological polar surface area (TPSA) is 43.4 Å². The van der Waals surface area contributed by atoms with Gasteiger partial charge in [0.2, 0.25) is 0 Å². The number of ether oxygens (including phenoxy) is 1. The summed E-state index contributed by atoms with van der Waals surface area (Å²) in [4.78, 5) is 26.2. The molecule has 33 heavy (non-hydrogen) atoms. The lowest BCUT2D eigenvalue weighted by Gasteiger charge is -2.15. The average Bonchev–Trinajstić information content (AvgIpc) is 2.76. The summed E-state index contributed by atoms with van der Waals surface area (Å²) in [6.07, 6.45) is 0. The summed E-state index contributed by atoms with van der Waals surface area (Å²) in [6, 6.07) is 9.36. The Labute approximate surface area is 226 Å². The van der Waals surface area contributed by atoms with Crippen molar-refractivity contribution in [3.63, 3.8) is 0 Å². The van der Waals surface area contributed by atoms with Crippen LogP contribution < -0.4 is 0 Å². The Morgan fingerprint density at radius 1 is 0.515 bits per heavy atom. The summed E-state index contributed by atoms with van der Waals surface area (Å²) in [6.45, 7) is 0. The molecule has 0 atom stereocenters. The fourth-order valence-corrected chi connectivity index (χ4v) is 5.62. The second-order valence-electron chi connectivity index (χ2n) is 6.64. The third kappa shape index (κ3) is 4.13. The molecule has 0 heterocycles. The van der Waals surface area contributed by atoms with E-state index in [2.05, 4.69) is 0 Å². The summed E-state index contributed by atoms with van der Waals surface area (Å²) in [5.74, 6) is -2.21. The molecular formula is C22H6Cl8O3. The highest BCUT2D eigenvalue weighted by Crippen LogP contribution is 2.45. The lowest BCUT2D eigenvalue weighted by Crippen LogP contribution is -2.15. The first kappa shape index (κ1) is 25.0. The molecule has 0 radical (unpaired) electrons. The SMILES string of the molecule is O=C(OC(=O)c1c(Cl)c(Cl)c(Cl)c2c(Cl)cccc12)c1c(Cl)c(Cl)c(Cl)c2c(Cl)cccc12. The van der Waals surface area contributed by atoms with Crippen LogP contribution in [0.25, 0.3) is 21.5 Å². The fourth-order valence-electron chi connectivity index (χ4n) is 3.36. The molecule has 4 rings (SSSR count). The number of hydrogen-bond donors (Lipinski definition) is 0. The van der Waals surface area contributed by atoms with Crippen molar-refractivity contribution in [3.8, 4) is 0 Å². The number of fused-ring (bicyclic) bond motifs is 2. The maximum absolute atomic E-state index is 13.1. The van der Waals surface area contributed by atoms with Crippen LogP contribution >= 0.6 is 92.8 Å². The molecule has 0 spiro atoms. The van der Waals surface area contributed by atoms with Gasteiger partial charge in [-0.2, -0.15) is 0 Å². The van der Waals surface area contributed by atoms with Gasteiger partial charge in [0.05, 0.1) is 41.3 Å². The third-order valence-electron chi connectivity index (χ3n) is 4.81. The van der Waals surface area contributed by atoms with Crippen molar-refractivity contribution < 1.29 is 14.3 Å². The zero-order valence-corrected chi connectivity index (χ0v) is 21.8. The van der Waals surface area contributed by atoms with Crippen molar-refractivity contribution in [2.45, 2.75) is 0 Å². The minimum Gasteiger partial charge on any atom is -0.386 e. The van der Waals surface area contributed by atoms with Gasteiger partial charge in [0, 0.05) is 31.6 Å². The molecule has 11 heteroatoms. The largest absolute Gasteiger partial charge is 0.386 e. The molecule has 4 aromatic rings. The van der Waals surface area contributed by atoms with Crippen LogP contribution in [0.5, 0.6) is 0 Å². The van der Waals surface area contributed by atoms with Crippen molar-refractivity contribution in [3.05, 3.63) is 87.7 Å². The highest BCUT2D eigenvalue weighted by molar-refractivity contribution is 6.55. The Morgan fingerprint density at radius 2 is 0.879 bits per heavy atom. The molecule has 0 aromatic heterocycles. The quantitative estimate of drug-likeness (QED) is 0.130. The zero-order chi connectivity index (χ0) is 24.2. The molecule has 0 saturated heterocycles. The van der Waals surface area contributed by atoms with Gasteiger partial charge in [0.25, 0.3) is 0 Å². The van der Waals surface area contributed by atoms with Gasteiger partial charge in [-0.25, -0.2) is 9.59 Å². The highest BCUT2D eigenvalue weighted by Gasteiger charge is 2.29. The molecule has 0 saturated carbocycles. The number of hydrogen-bond acceptors (Lipinski definition) is 3. The zero-order valence-electron chi connectivity index (χ0n) is 15.7. The first-order valence-corrected chi connectivity index (χ1v) is 11.8. The number of esters is 2. The van der Waals surface area contributed by atoms with Gasteiger partial charge in [0.1, 0.15) is 0 Å². The first-order chi connectivity index (χ1) is 15.6. The summed E-state index contributed by atoms with van der Waals surface area (Å²) >= 11 is 50.0. The van der Waals surface area contributed by atoms with E-state index in [0.717, 1.165) is 0 Å². The Kier molecular flexibility index (Phi) is 7.18. The predicted molar refractivity (Wildman–Crippen MR) is 138 cm³/mol. The average molecular weight is 602 g/mol. The van der Waals surface area contributed by atoms with E-state index in [4.69, 9.17) is 97.5 Å². The Balaban J connectivity index is 1.88. The molecule has 0 aliphatic rings. The lowest BCUT2D eigenvalue weighted by molar-refractivity contribution is 0.0401. The van der Waals surface area contributed by atoms with Crippen LogP contribution in [0.15, 0.2) is 36.4 Å². The minimum absolute atomic E-state index is 0.0540. The van der Waals surface area contributed by atoms with E-state index in [1.807, 2.05) is 0 Å². The van der Waals surface area contributed by atoms with Crippen LogP contribution in [0.1, 0.15) is 20.7 Å². The second-order valence-corrected chi connectivity index (χ2v) is 9.72. The Hall–Kier alpha value is -1.14. The fraction of sp³-hybridized carbons (Fsp3) is 0. The van der Waals surface area contributed by atoms with Gasteiger partial charge in [0.15, 0.2) is 0 Å². The molecule has 0 fully saturated rings. The van der Waals surface area contributed by atoms with Crippen molar-refractivity contribution in [1.82, 2.24) is 0 Å². The van der Waals surface area contributed by atoms with Gasteiger partial charge in [-0.3, -0.25) is 0 Å². The van der Waals surface area contributed by atoms with Crippen molar-refractivity contribution in [2.24, 2.45) is 0 Å². The van der Waals surface area contributed by atoms with Crippen molar-refractivity contribution >= 4 is 126 Å². The number of benzene rings is 4. The van der Waals surface area contributed by atoms with Gasteiger partial charge < -0.3 is 4.74 Å². The van der Waals surface area contributed by atoms with E-state index in [-0.39, 0.29) is 72.9 Å². The molecule has 3 nitrogen and oxygen atoms in total. The van der Waals surface area contributed by atoms with Crippen LogP contribution in [0, 0.1) is 0 Å². The van der Waals surface area contributed by atoms with Crippen LogP contribution in [-0.4, -0.2) is 11.9 Å². The first-order valence-electron chi connectivity index (χ1n) is 8.82. The monoisotopic (exact) mass is 598 g/mol. The maximum Gasteiger partial charge on any atom is 0.348 e. The molecule has 0 amide bonds. The molecule has 0 bridgehead atoms. The predicted octanol–water partition coefficient (Wildman–Crippen LogP) is 10.2. The Morgan fingerprint density at radius 3 is 1.24 bits per heavy atom. The van der Waals surface area contributed by atoms with Crippen LogP contribution in [0.3, 0.4) is 0 Å². The van der Waals surface area contributed by atoms with Crippen LogP contribution in [0.4, 0.5) is 0 Å². The lowest BCUT2D eigenvalue weighted by atomic mass is 10.0. The number of carbonyl (C=O) groups excluding carboxylic acids is 2. The molecule has 4 aromatic carbocycles. The third-order valence-corrected chi connectivity index (χ3v) is 8.09. The van der Waals surface area contributed by atoms with Crippen LogP contribution in [0.2, 0.25) is 40.2 Å². The van der Waals surface area contributed by atoms with Crippen molar-refractivity contribution in [1.29, 1.82) is 0 Å². The summed E-state index contributed by atoms with van der Waals surface area (Å²) in [5, 5.41) is 0.946. The molecule has 0 aliphatic heterocycles. The summed E-state index contributed by atoms with van der Waals surface area (Å²) in [5.41, 5.74) is -0.397. The molecular weight excluding hydrogens is 596 g/mol. The Bertz CT molecular complexity index is 1400. The van der Waals surface area contributed by atoms with Gasteiger partial charge in [-0.1, -0.05) is 117 Å². The van der Waals surface area contributed by atoms with E-state index < -0.39 is 11.9 Å². The van der Waals surface area contributed by atoms with E-state index >= 15 is 0 Å². The van der Waals surface area contributed by atoms with E-state index in [1.165, 1.54) is 12.1 Å². The summed E-state index contributed by atoms with van der Waals surface area (Å²) in [7, 11) is 0. The number of rotatable bonds is 2. The molecule has 0 N–H and O–H groups in total. The molecule has 0 unspecified atom stereocenters. The normalized spacial score (nSPS) is 11.3. The van der Waals surface area contributed by atoms with Gasteiger partial charge in [-0.15, -0.1) is 0 Å². The number of halogens is 8. The summed E-state index contributed by atoms with van der Waals surface area (Å²) < 4.78 is 5.13. The molecule has 0 aliphatic carbocycles. The smallest absolute Gasteiger partial charge is 0.348 e. The van der Waals surface area contributed by atoms with E-state index in [0.29, 0.717) is 0 Å². The maximum atomic E-state index is 13.1. The minimum atomic E-state index is -1.10. The van der Waals surface area contributed by atoms with Crippen molar-refractivity contribution in [2.75, 3.05) is 0 Å². The standard InChI is InChI=1S/C22H6Cl8O3/c23-9-5-1-3-7-11(9)15(25)19(29)17(27)13(7)21(31)33-22(32)14-8-4-2-6-10(24)12(8)16(26)20(30)18(14)28/h1-6H.